The van der Waals surface area contributed by atoms with Crippen molar-refractivity contribution in [3.8, 4) is 0 Å². The standard InChI is InChI=1S/C11H15N3O/c15-11(10-5-1-2-7-13-10)14-9-4-3-6-12-8-9/h1-2,5,7,9,12H,3-4,6,8H2,(H,14,15). The molecule has 1 saturated heterocycles. The van der Waals surface area contributed by atoms with Gasteiger partial charge in [0.15, 0.2) is 0 Å². The highest BCUT2D eigenvalue weighted by Crippen LogP contribution is 2.02. The van der Waals surface area contributed by atoms with Crippen LogP contribution in [0.4, 0.5) is 0 Å². The molecule has 0 radical (unpaired) electrons. The smallest absolute Gasteiger partial charge is 0.270 e. The first kappa shape index (κ1) is 10.1. The lowest BCUT2D eigenvalue weighted by molar-refractivity contribution is 0.0925. The summed E-state index contributed by atoms with van der Waals surface area (Å²) in [6.07, 6.45) is 3.80. The fourth-order valence-electron chi connectivity index (χ4n) is 1.73. The third-order valence-corrected chi connectivity index (χ3v) is 2.53. The molecule has 0 aliphatic carbocycles. The number of hydrogen-bond donors (Lipinski definition) is 2. The molecule has 1 atom stereocenters. The van der Waals surface area contributed by atoms with Crippen LogP contribution in [0.5, 0.6) is 0 Å². The van der Waals surface area contributed by atoms with Gasteiger partial charge in [0.05, 0.1) is 0 Å². The van der Waals surface area contributed by atoms with Gasteiger partial charge in [0.2, 0.25) is 0 Å². The zero-order valence-electron chi connectivity index (χ0n) is 8.57. The van der Waals surface area contributed by atoms with Gasteiger partial charge in [0, 0.05) is 18.8 Å². The Morgan fingerprint density at radius 1 is 1.53 bits per heavy atom. The predicted molar refractivity (Wildman–Crippen MR) is 57.6 cm³/mol. The summed E-state index contributed by atoms with van der Waals surface area (Å²) in [4.78, 5) is 15.7. The van der Waals surface area contributed by atoms with Crippen LogP contribution in [-0.2, 0) is 0 Å². The number of amides is 1. The fraction of sp³-hybridized carbons (Fsp3) is 0.455. The highest BCUT2D eigenvalue weighted by atomic mass is 16.1. The molecular weight excluding hydrogens is 190 g/mol. The number of rotatable bonds is 2. The summed E-state index contributed by atoms with van der Waals surface area (Å²) in [6.45, 7) is 1.91. The van der Waals surface area contributed by atoms with Gasteiger partial charge < -0.3 is 10.6 Å². The summed E-state index contributed by atoms with van der Waals surface area (Å²) in [7, 11) is 0. The van der Waals surface area contributed by atoms with Gasteiger partial charge in [-0.3, -0.25) is 9.78 Å². The predicted octanol–water partition coefficient (Wildman–Crippen LogP) is 0.563. The Hall–Kier alpha value is -1.42. The molecule has 0 bridgehead atoms. The molecule has 1 aliphatic heterocycles. The average Bonchev–Trinajstić information content (AvgIpc) is 2.31. The summed E-state index contributed by atoms with van der Waals surface area (Å²) in [5.74, 6) is -0.0794. The second-order valence-electron chi connectivity index (χ2n) is 3.73. The monoisotopic (exact) mass is 205 g/mol. The van der Waals surface area contributed by atoms with Crippen molar-refractivity contribution in [1.82, 2.24) is 15.6 Å². The van der Waals surface area contributed by atoms with Crippen LogP contribution < -0.4 is 10.6 Å². The second-order valence-corrected chi connectivity index (χ2v) is 3.73. The minimum absolute atomic E-state index is 0.0794. The van der Waals surface area contributed by atoms with E-state index in [4.69, 9.17) is 0 Å². The molecule has 2 rings (SSSR count). The third-order valence-electron chi connectivity index (χ3n) is 2.53. The van der Waals surface area contributed by atoms with Crippen molar-refractivity contribution in [3.63, 3.8) is 0 Å². The van der Waals surface area contributed by atoms with Crippen molar-refractivity contribution < 1.29 is 4.79 Å². The molecule has 1 aromatic rings. The van der Waals surface area contributed by atoms with Crippen molar-refractivity contribution in [2.24, 2.45) is 0 Å². The molecule has 4 heteroatoms. The lowest BCUT2D eigenvalue weighted by Gasteiger charge is -2.23. The van der Waals surface area contributed by atoms with Crippen LogP contribution in [-0.4, -0.2) is 30.0 Å². The number of nitrogens with one attached hydrogen (secondary N) is 2. The third kappa shape index (κ3) is 2.76. The lowest BCUT2D eigenvalue weighted by atomic mass is 10.1. The second kappa shape index (κ2) is 4.89. The molecule has 1 amide bonds. The number of carbonyl (C=O) groups is 1. The van der Waals surface area contributed by atoms with Gasteiger partial charge in [-0.05, 0) is 31.5 Å². The first-order chi connectivity index (χ1) is 7.36. The maximum absolute atomic E-state index is 11.7. The van der Waals surface area contributed by atoms with Crippen molar-refractivity contribution in [1.29, 1.82) is 0 Å². The molecule has 2 heterocycles. The van der Waals surface area contributed by atoms with Gasteiger partial charge in [-0.15, -0.1) is 0 Å². The number of pyridine rings is 1. The molecule has 1 fully saturated rings. The molecular formula is C11H15N3O. The Labute approximate surface area is 89.1 Å². The summed E-state index contributed by atoms with van der Waals surface area (Å²) >= 11 is 0. The first-order valence-electron chi connectivity index (χ1n) is 5.29. The number of hydrogen-bond acceptors (Lipinski definition) is 3. The van der Waals surface area contributed by atoms with Crippen molar-refractivity contribution in [2.75, 3.05) is 13.1 Å². The highest BCUT2D eigenvalue weighted by Gasteiger charge is 2.16. The maximum Gasteiger partial charge on any atom is 0.270 e. The van der Waals surface area contributed by atoms with Gasteiger partial charge >= 0.3 is 0 Å². The molecule has 1 aromatic heterocycles. The van der Waals surface area contributed by atoms with Crippen LogP contribution in [0.25, 0.3) is 0 Å². The van der Waals surface area contributed by atoms with Gasteiger partial charge in [-0.2, -0.15) is 0 Å². The van der Waals surface area contributed by atoms with Crippen molar-refractivity contribution in [3.05, 3.63) is 30.1 Å². The Balaban J connectivity index is 1.91. The van der Waals surface area contributed by atoms with Crippen molar-refractivity contribution >= 4 is 5.91 Å². The van der Waals surface area contributed by atoms with Crippen LogP contribution >= 0.6 is 0 Å². The zero-order valence-corrected chi connectivity index (χ0v) is 8.57. The molecule has 1 aliphatic rings. The largest absolute Gasteiger partial charge is 0.347 e. The minimum Gasteiger partial charge on any atom is -0.347 e. The topological polar surface area (TPSA) is 54.0 Å². The zero-order chi connectivity index (χ0) is 10.5. The van der Waals surface area contributed by atoms with E-state index in [2.05, 4.69) is 15.6 Å². The molecule has 0 aromatic carbocycles. The quantitative estimate of drug-likeness (QED) is 0.742. The lowest BCUT2D eigenvalue weighted by Crippen LogP contribution is -2.45. The van der Waals surface area contributed by atoms with Crippen LogP contribution in [0.15, 0.2) is 24.4 Å². The van der Waals surface area contributed by atoms with E-state index in [0.29, 0.717) is 5.69 Å². The molecule has 15 heavy (non-hydrogen) atoms. The summed E-state index contributed by atoms with van der Waals surface area (Å²) in [5.41, 5.74) is 0.489. The van der Waals surface area contributed by atoms with Gasteiger partial charge in [-0.1, -0.05) is 6.07 Å². The van der Waals surface area contributed by atoms with E-state index in [1.165, 1.54) is 0 Å². The minimum atomic E-state index is -0.0794. The molecule has 4 nitrogen and oxygen atoms in total. The average molecular weight is 205 g/mol. The van der Waals surface area contributed by atoms with E-state index in [9.17, 15) is 4.79 Å². The van der Waals surface area contributed by atoms with E-state index in [1.807, 2.05) is 6.07 Å². The number of nitrogens with zero attached hydrogens (tertiary/aromatic N) is 1. The molecule has 1 unspecified atom stereocenters. The van der Waals surface area contributed by atoms with Crippen molar-refractivity contribution in [2.45, 2.75) is 18.9 Å². The van der Waals surface area contributed by atoms with E-state index in [-0.39, 0.29) is 11.9 Å². The highest BCUT2D eigenvalue weighted by molar-refractivity contribution is 5.92. The Bertz CT molecular complexity index is 320. The molecule has 0 saturated carbocycles. The number of carbonyl (C=O) groups excluding carboxylic acids is 1. The van der Waals surface area contributed by atoms with E-state index in [0.717, 1.165) is 25.9 Å². The first-order valence-corrected chi connectivity index (χ1v) is 5.29. The Morgan fingerprint density at radius 3 is 3.13 bits per heavy atom. The molecule has 80 valence electrons. The summed E-state index contributed by atoms with van der Waals surface area (Å²) < 4.78 is 0. The van der Waals surface area contributed by atoms with Gasteiger partial charge in [0.25, 0.3) is 5.91 Å². The summed E-state index contributed by atoms with van der Waals surface area (Å²) in [5, 5.41) is 6.23. The van der Waals surface area contributed by atoms with Crippen LogP contribution in [0.3, 0.4) is 0 Å². The summed E-state index contributed by atoms with van der Waals surface area (Å²) in [6, 6.07) is 5.60. The number of aromatic nitrogens is 1. The molecule has 2 N–H and O–H groups in total. The van der Waals surface area contributed by atoms with Gasteiger partial charge in [-0.25, -0.2) is 0 Å². The molecule has 0 spiro atoms. The normalized spacial score (nSPS) is 20.9. The number of piperidine rings is 1. The Kier molecular flexibility index (Phi) is 3.29. The SMILES string of the molecule is O=C(NC1CCCNC1)c1ccccn1. The van der Waals surface area contributed by atoms with E-state index >= 15 is 0 Å². The van der Waals surface area contributed by atoms with E-state index < -0.39 is 0 Å². The Morgan fingerprint density at radius 2 is 2.47 bits per heavy atom. The van der Waals surface area contributed by atoms with Gasteiger partial charge in [0.1, 0.15) is 5.69 Å². The van der Waals surface area contributed by atoms with Crippen LogP contribution in [0, 0.1) is 0 Å². The van der Waals surface area contributed by atoms with Crippen LogP contribution in [0.1, 0.15) is 23.3 Å². The van der Waals surface area contributed by atoms with E-state index in [1.54, 1.807) is 18.3 Å². The maximum atomic E-state index is 11.7. The van der Waals surface area contributed by atoms with Crippen LogP contribution in [0.2, 0.25) is 0 Å². The fourth-order valence-corrected chi connectivity index (χ4v) is 1.73.